The van der Waals surface area contributed by atoms with Crippen LogP contribution in [-0.2, 0) is 4.79 Å². The molecule has 2 aliphatic rings. The molecule has 2 N–H and O–H groups in total. The van der Waals surface area contributed by atoms with E-state index < -0.39 is 5.97 Å². The molecule has 0 amide bonds. The molecule has 1 saturated carbocycles. The lowest BCUT2D eigenvalue weighted by Gasteiger charge is -2.40. The van der Waals surface area contributed by atoms with Gasteiger partial charge in [-0.15, -0.1) is 11.8 Å². The summed E-state index contributed by atoms with van der Waals surface area (Å²) >= 11 is 1.84. The van der Waals surface area contributed by atoms with Crippen molar-refractivity contribution in [3.05, 3.63) is 0 Å². The van der Waals surface area contributed by atoms with Crippen molar-refractivity contribution in [3.8, 4) is 0 Å². The minimum Gasteiger partial charge on any atom is -0.480 e. The molecule has 2 fully saturated rings. The molecule has 0 aromatic carbocycles. The van der Waals surface area contributed by atoms with E-state index >= 15 is 0 Å². The second kappa shape index (κ2) is 4.34. The summed E-state index contributed by atoms with van der Waals surface area (Å²) in [4.78, 5) is 11.0. The minimum atomic E-state index is -0.695. The minimum absolute atomic E-state index is 0.0794. The lowest BCUT2D eigenvalue weighted by molar-refractivity contribution is -0.139. The van der Waals surface area contributed by atoms with Crippen molar-refractivity contribution in [2.24, 2.45) is 5.92 Å². The van der Waals surface area contributed by atoms with Crippen LogP contribution >= 0.6 is 11.8 Å². The molecule has 0 aromatic heterocycles. The monoisotopic (exact) mass is 229 g/mol. The maximum absolute atomic E-state index is 10.9. The van der Waals surface area contributed by atoms with Crippen LogP contribution in [0.1, 0.15) is 39.0 Å². The zero-order chi connectivity index (χ0) is 10.9. The summed E-state index contributed by atoms with van der Waals surface area (Å²) in [5.74, 6) is 0.687. The first-order chi connectivity index (χ1) is 7.18. The highest BCUT2D eigenvalue weighted by Crippen LogP contribution is 2.47. The van der Waals surface area contributed by atoms with E-state index in [0.29, 0.717) is 5.92 Å². The van der Waals surface area contributed by atoms with Gasteiger partial charge in [0.15, 0.2) is 0 Å². The zero-order valence-electron chi connectivity index (χ0n) is 9.16. The zero-order valence-corrected chi connectivity index (χ0v) is 9.98. The third-order valence-electron chi connectivity index (χ3n) is 3.73. The van der Waals surface area contributed by atoms with E-state index in [1.807, 2.05) is 11.8 Å². The van der Waals surface area contributed by atoms with E-state index in [-0.39, 0.29) is 10.9 Å². The third-order valence-corrected chi connectivity index (χ3v) is 5.40. The van der Waals surface area contributed by atoms with Crippen molar-refractivity contribution >= 4 is 17.7 Å². The second-order valence-corrected chi connectivity index (χ2v) is 5.94. The van der Waals surface area contributed by atoms with Gasteiger partial charge in [-0.05, 0) is 18.8 Å². The quantitative estimate of drug-likeness (QED) is 0.761. The van der Waals surface area contributed by atoms with Gasteiger partial charge >= 0.3 is 5.97 Å². The number of rotatable bonds is 2. The lowest BCUT2D eigenvalue weighted by Crippen LogP contribution is -2.51. The van der Waals surface area contributed by atoms with Gasteiger partial charge in [0.25, 0.3) is 0 Å². The van der Waals surface area contributed by atoms with Gasteiger partial charge in [0.2, 0.25) is 0 Å². The van der Waals surface area contributed by atoms with Gasteiger partial charge in [-0.3, -0.25) is 10.1 Å². The molecule has 0 bridgehead atoms. The summed E-state index contributed by atoms with van der Waals surface area (Å²) in [6.07, 6.45) is 6.10. The largest absolute Gasteiger partial charge is 0.480 e. The van der Waals surface area contributed by atoms with E-state index in [9.17, 15) is 4.79 Å². The molecular formula is C11H19NO2S. The molecule has 0 aromatic rings. The van der Waals surface area contributed by atoms with Gasteiger partial charge < -0.3 is 5.11 Å². The van der Waals surface area contributed by atoms with Crippen molar-refractivity contribution in [2.75, 3.05) is 5.75 Å². The van der Waals surface area contributed by atoms with Crippen LogP contribution < -0.4 is 5.32 Å². The molecule has 1 aliphatic heterocycles. The molecule has 1 aliphatic carbocycles. The molecule has 3 atom stereocenters. The number of carboxylic acids is 1. The molecular weight excluding hydrogens is 210 g/mol. The van der Waals surface area contributed by atoms with Gasteiger partial charge in [-0.25, -0.2) is 0 Å². The number of hydrogen-bond acceptors (Lipinski definition) is 3. The van der Waals surface area contributed by atoms with Gasteiger partial charge in [0.05, 0.1) is 4.87 Å². The van der Waals surface area contributed by atoms with Crippen molar-refractivity contribution < 1.29 is 9.90 Å². The summed E-state index contributed by atoms with van der Waals surface area (Å²) in [7, 11) is 0. The van der Waals surface area contributed by atoms with E-state index in [2.05, 4.69) is 12.2 Å². The van der Waals surface area contributed by atoms with Crippen LogP contribution in [0.4, 0.5) is 0 Å². The SMILES string of the molecule is CCC1CCCCC12N[C@H](C(=O)O)CS2. The Morgan fingerprint density at radius 3 is 3.00 bits per heavy atom. The number of nitrogens with one attached hydrogen (secondary N) is 1. The normalized spacial score (nSPS) is 40.9. The molecule has 1 spiro atoms. The van der Waals surface area contributed by atoms with Crippen molar-refractivity contribution in [1.82, 2.24) is 5.32 Å². The fourth-order valence-electron chi connectivity index (χ4n) is 2.87. The Hall–Kier alpha value is -0.220. The first-order valence-corrected chi connectivity index (χ1v) is 6.81. The van der Waals surface area contributed by atoms with Gasteiger partial charge in [0.1, 0.15) is 6.04 Å². The van der Waals surface area contributed by atoms with Crippen LogP contribution in [0.2, 0.25) is 0 Å². The van der Waals surface area contributed by atoms with E-state index in [1.165, 1.54) is 19.3 Å². The summed E-state index contributed by atoms with van der Waals surface area (Å²) in [6, 6.07) is -0.331. The standard InChI is InChI=1S/C11H19NO2S/c1-2-8-5-3-4-6-11(8)12-9(7-15-11)10(13)14/h8-9,12H,2-7H2,1H3,(H,13,14)/t8?,9-,11?/m0/s1. The van der Waals surface area contributed by atoms with Crippen LogP contribution in [0, 0.1) is 5.92 Å². The first-order valence-electron chi connectivity index (χ1n) is 5.82. The summed E-state index contributed by atoms with van der Waals surface area (Å²) in [5.41, 5.74) is 0. The molecule has 86 valence electrons. The number of thioether (sulfide) groups is 1. The molecule has 3 nitrogen and oxygen atoms in total. The Bertz CT molecular complexity index is 259. The Labute approximate surface area is 95.0 Å². The fraction of sp³-hybridized carbons (Fsp3) is 0.909. The molecule has 2 unspecified atom stereocenters. The van der Waals surface area contributed by atoms with Gasteiger partial charge in [-0.1, -0.05) is 26.2 Å². The molecule has 15 heavy (non-hydrogen) atoms. The van der Waals surface area contributed by atoms with Crippen molar-refractivity contribution in [3.63, 3.8) is 0 Å². The van der Waals surface area contributed by atoms with Gasteiger partial charge in [-0.2, -0.15) is 0 Å². The number of aliphatic carboxylic acids is 1. The number of carboxylic acid groups (broad SMARTS) is 1. The highest BCUT2D eigenvalue weighted by atomic mass is 32.2. The molecule has 1 heterocycles. The average molecular weight is 229 g/mol. The first kappa shape index (κ1) is 11.3. The van der Waals surface area contributed by atoms with Crippen LogP contribution in [0.15, 0.2) is 0 Å². The molecule has 2 rings (SSSR count). The van der Waals surface area contributed by atoms with Gasteiger partial charge in [0, 0.05) is 5.75 Å². The number of hydrogen-bond donors (Lipinski definition) is 2. The Balaban J connectivity index is 2.09. The van der Waals surface area contributed by atoms with E-state index in [0.717, 1.165) is 18.6 Å². The highest BCUT2D eigenvalue weighted by Gasteiger charge is 2.47. The fourth-order valence-corrected chi connectivity index (χ4v) is 4.60. The average Bonchev–Trinajstić information content (AvgIpc) is 2.64. The van der Waals surface area contributed by atoms with E-state index in [1.54, 1.807) is 0 Å². The second-order valence-electron chi connectivity index (χ2n) is 4.59. The Morgan fingerprint density at radius 2 is 2.40 bits per heavy atom. The smallest absolute Gasteiger partial charge is 0.321 e. The molecule has 0 radical (unpaired) electrons. The van der Waals surface area contributed by atoms with Crippen molar-refractivity contribution in [1.29, 1.82) is 0 Å². The van der Waals surface area contributed by atoms with E-state index in [4.69, 9.17) is 5.11 Å². The highest BCUT2D eigenvalue weighted by molar-refractivity contribution is 8.01. The summed E-state index contributed by atoms with van der Waals surface area (Å²) in [5, 5.41) is 12.4. The lowest BCUT2D eigenvalue weighted by atomic mass is 9.82. The predicted octanol–water partition coefficient (Wildman–Crippen LogP) is 2.07. The summed E-state index contributed by atoms with van der Waals surface area (Å²) < 4.78 is 0. The van der Waals surface area contributed by atoms with Crippen molar-refractivity contribution in [2.45, 2.75) is 49.9 Å². The maximum atomic E-state index is 10.9. The summed E-state index contributed by atoms with van der Waals surface area (Å²) in [6.45, 7) is 2.22. The maximum Gasteiger partial charge on any atom is 0.321 e. The van der Waals surface area contributed by atoms with Crippen LogP contribution in [0.25, 0.3) is 0 Å². The van der Waals surface area contributed by atoms with Crippen LogP contribution in [-0.4, -0.2) is 27.7 Å². The third kappa shape index (κ3) is 2.02. The molecule has 4 heteroatoms. The molecule has 1 saturated heterocycles. The number of carbonyl (C=O) groups is 1. The van der Waals surface area contributed by atoms with Crippen LogP contribution in [0.3, 0.4) is 0 Å². The van der Waals surface area contributed by atoms with Crippen LogP contribution in [0.5, 0.6) is 0 Å². The Kier molecular flexibility index (Phi) is 3.26. The topological polar surface area (TPSA) is 49.3 Å². The predicted molar refractivity (Wildman–Crippen MR) is 62.0 cm³/mol. The Morgan fingerprint density at radius 1 is 1.60 bits per heavy atom.